The Labute approximate surface area is 176 Å². The van der Waals surface area contributed by atoms with Crippen molar-refractivity contribution in [3.05, 3.63) is 84.9 Å². The predicted octanol–water partition coefficient (Wildman–Crippen LogP) is 3.73. The first-order valence-corrected chi connectivity index (χ1v) is 19.0. The third-order valence-corrected chi connectivity index (χ3v) is 17.2. The maximum atomic E-state index is 2.70. The second kappa shape index (κ2) is 5.37. The topological polar surface area (TPSA) is 3.24 Å². The molecule has 4 aromatic rings. The normalized spacial score (nSPS) is 16.1. The first kappa shape index (κ1) is 16.4. The van der Waals surface area contributed by atoms with Crippen molar-refractivity contribution < 1.29 is 0 Å². The van der Waals surface area contributed by atoms with Crippen LogP contribution in [0, 0.1) is 0 Å². The Kier molecular flexibility index (Phi) is 3.03. The minimum atomic E-state index is -2.70. The van der Waals surface area contributed by atoms with Crippen LogP contribution in [0.25, 0.3) is 22.3 Å². The standard InChI is InChI=1S/C24H14BN.2CH3.Sn/c1-5-13-21-17(9-1)19-11-3-7-15-23(19)26-24-16-8-4-12-20(24)18-10-2-6-14-22(18)25(21)26;;;/h1-14H;2*1H3;. The Morgan fingerprint density at radius 1 is 0.552 bits per heavy atom. The van der Waals surface area contributed by atoms with E-state index in [0.717, 1.165) is 0 Å². The van der Waals surface area contributed by atoms with Gasteiger partial charge in [-0.25, -0.2) is 0 Å². The van der Waals surface area contributed by atoms with Gasteiger partial charge in [0.1, 0.15) is 0 Å². The molecule has 29 heavy (non-hydrogen) atoms. The number of hydrogen-bond donors (Lipinski definition) is 0. The molecule has 1 nitrogen and oxygen atoms in total. The van der Waals surface area contributed by atoms with Crippen LogP contribution in [0.4, 0.5) is 11.4 Å². The third-order valence-electron chi connectivity index (χ3n) is 7.25. The summed E-state index contributed by atoms with van der Waals surface area (Å²) < 4.78 is 3.28. The molecule has 3 aliphatic heterocycles. The van der Waals surface area contributed by atoms with Crippen molar-refractivity contribution in [1.29, 1.82) is 0 Å². The minimum absolute atomic E-state index is 0.257. The van der Waals surface area contributed by atoms with E-state index in [2.05, 4.69) is 99.6 Å². The average molecular weight is 476 g/mol. The summed E-state index contributed by atoms with van der Waals surface area (Å²) in [6.07, 6.45) is 0. The summed E-state index contributed by atoms with van der Waals surface area (Å²) in [7, 11) is 0. The summed E-state index contributed by atoms with van der Waals surface area (Å²) in [5.74, 6) is 0. The van der Waals surface area contributed by atoms with Crippen molar-refractivity contribution in [1.82, 2.24) is 0 Å². The molecule has 0 aliphatic carbocycles. The number of rotatable bonds is 0. The van der Waals surface area contributed by atoms with Crippen LogP contribution in [0.15, 0.2) is 84.9 Å². The summed E-state index contributed by atoms with van der Waals surface area (Å²) in [6, 6.07) is 32.2. The van der Waals surface area contributed by atoms with Gasteiger partial charge in [0.15, 0.2) is 0 Å². The van der Waals surface area contributed by atoms with Crippen LogP contribution in [0.3, 0.4) is 0 Å². The maximum absolute atomic E-state index is 2.70. The Bertz CT molecular complexity index is 1260. The number of hydrogen-bond acceptors (Lipinski definition) is 1. The van der Waals surface area contributed by atoms with Crippen LogP contribution in [-0.4, -0.2) is 25.2 Å². The molecule has 3 heterocycles. The number of fused-ring (bicyclic) bond motifs is 6. The zero-order valence-corrected chi connectivity index (χ0v) is 19.5. The molecule has 0 saturated heterocycles. The van der Waals surface area contributed by atoms with Crippen molar-refractivity contribution >= 4 is 54.7 Å². The molecular weight excluding hydrogens is 456 g/mol. The Morgan fingerprint density at radius 2 is 1.00 bits per heavy atom. The molecule has 0 bridgehead atoms. The third kappa shape index (κ3) is 1.85. The molecule has 0 atom stereocenters. The zero-order chi connectivity index (χ0) is 19.3. The van der Waals surface area contributed by atoms with Crippen LogP contribution < -0.4 is 22.9 Å². The molecule has 0 unspecified atom stereocenters. The summed E-state index contributed by atoms with van der Waals surface area (Å²) in [4.78, 5) is 7.88. The van der Waals surface area contributed by atoms with Gasteiger partial charge in [0.2, 0.25) is 0 Å². The monoisotopic (exact) mass is 477 g/mol. The van der Waals surface area contributed by atoms with Crippen molar-refractivity contribution in [2.24, 2.45) is 0 Å². The van der Waals surface area contributed by atoms with E-state index in [9.17, 15) is 0 Å². The fraction of sp³-hybridized carbons (Fsp3) is 0.0769. The summed E-state index contributed by atoms with van der Waals surface area (Å²) in [6.45, 7) is 0.257. The molecule has 0 fully saturated rings. The number of nitrogens with zero attached hydrogens (tertiary/aromatic N) is 1. The van der Waals surface area contributed by atoms with E-state index in [-0.39, 0.29) is 6.85 Å². The summed E-state index contributed by atoms with van der Waals surface area (Å²) in [5.41, 5.74) is 11.5. The second-order valence-electron chi connectivity index (χ2n) is 8.98. The van der Waals surface area contributed by atoms with E-state index in [1.807, 2.05) is 0 Å². The van der Waals surface area contributed by atoms with E-state index in [0.29, 0.717) is 0 Å². The fourth-order valence-electron chi connectivity index (χ4n) is 5.97. The van der Waals surface area contributed by atoms with Gasteiger partial charge in [-0.15, -0.1) is 0 Å². The van der Waals surface area contributed by atoms with E-state index in [1.165, 1.54) is 44.6 Å². The van der Waals surface area contributed by atoms with Crippen LogP contribution in [0.1, 0.15) is 0 Å². The van der Waals surface area contributed by atoms with Gasteiger partial charge in [-0.05, 0) is 0 Å². The molecule has 0 spiro atoms. The molecular formula is C26H20BNSn. The molecule has 0 N–H and O–H groups in total. The molecule has 3 heteroatoms. The van der Waals surface area contributed by atoms with Gasteiger partial charge in [0.05, 0.1) is 0 Å². The van der Waals surface area contributed by atoms with Gasteiger partial charge in [-0.1, -0.05) is 0 Å². The van der Waals surface area contributed by atoms with Crippen molar-refractivity contribution in [3.63, 3.8) is 0 Å². The van der Waals surface area contributed by atoms with Crippen molar-refractivity contribution in [2.45, 2.75) is 9.88 Å². The predicted molar refractivity (Wildman–Crippen MR) is 128 cm³/mol. The molecule has 3 aliphatic rings. The number of benzene rings is 4. The molecule has 0 saturated carbocycles. The number of para-hydroxylation sites is 2. The Hall–Kier alpha value is -2.46. The Morgan fingerprint density at radius 3 is 1.52 bits per heavy atom. The van der Waals surface area contributed by atoms with Crippen molar-refractivity contribution in [3.8, 4) is 22.3 Å². The SMILES string of the molecule is [CH3][Sn]1([CH3])[c]2cccc3c2N2B(c4ccccc4-3)c3ccccc3-c3ccc[c]1c32. The van der Waals surface area contributed by atoms with E-state index in [1.54, 1.807) is 7.16 Å². The molecule has 0 radical (unpaired) electrons. The zero-order valence-electron chi connectivity index (χ0n) is 16.6. The molecule has 4 aromatic carbocycles. The van der Waals surface area contributed by atoms with Gasteiger partial charge >= 0.3 is 177 Å². The molecule has 7 rings (SSSR count). The van der Waals surface area contributed by atoms with Gasteiger partial charge in [-0.3, -0.25) is 0 Å². The van der Waals surface area contributed by atoms with Gasteiger partial charge in [0.25, 0.3) is 0 Å². The van der Waals surface area contributed by atoms with Gasteiger partial charge in [-0.2, -0.15) is 0 Å². The second-order valence-corrected chi connectivity index (χ2v) is 21.3. The van der Waals surface area contributed by atoms with Crippen LogP contribution in [-0.2, 0) is 0 Å². The first-order valence-electron chi connectivity index (χ1n) is 10.4. The van der Waals surface area contributed by atoms with Crippen LogP contribution in [0.5, 0.6) is 0 Å². The van der Waals surface area contributed by atoms with E-state index < -0.39 is 18.4 Å². The van der Waals surface area contributed by atoms with Crippen LogP contribution in [0.2, 0.25) is 9.88 Å². The average Bonchev–Trinajstić information content (AvgIpc) is 2.77. The fourth-order valence-corrected chi connectivity index (χ4v) is 14.6. The number of anilines is 2. The van der Waals surface area contributed by atoms with E-state index in [4.69, 9.17) is 0 Å². The van der Waals surface area contributed by atoms with E-state index >= 15 is 0 Å². The summed E-state index contributed by atoms with van der Waals surface area (Å²) in [5, 5.41) is 0. The molecule has 0 aromatic heterocycles. The first-order chi connectivity index (χ1) is 14.2. The quantitative estimate of drug-likeness (QED) is 0.350. The van der Waals surface area contributed by atoms with Crippen LogP contribution >= 0.6 is 0 Å². The molecule has 136 valence electrons. The van der Waals surface area contributed by atoms with Gasteiger partial charge in [0, 0.05) is 0 Å². The summed E-state index contributed by atoms with van der Waals surface area (Å²) >= 11 is -2.70. The molecule has 0 amide bonds. The van der Waals surface area contributed by atoms with Gasteiger partial charge < -0.3 is 0 Å². The Balaban J connectivity index is 1.74. The van der Waals surface area contributed by atoms with Crippen molar-refractivity contribution in [2.75, 3.05) is 4.81 Å².